The Hall–Kier alpha value is -4.00. The van der Waals surface area contributed by atoms with E-state index >= 15 is 0 Å². The molecule has 0 saturated carbocycles. The fraction of sp³-hybridized carbons (Fsp3) is 0.130. The first kappa shape index (κ1) is 19.3. The Labute approximate surface area is 174 Å². The minimum Gasteiger partial charge on any atom is -0.311 e. The standard InChI is InChI=1S/C23H21N5O2/c1-15-8-7-9-16(14-15)25-23(30)27-21-22(29)28(2)19-12-4-3-10-17(19)20(26-21)18-11-5-6-13-24-18/h3-14,21H,1-2H3,(H2,25,27,30)/t21-/m1/s1. The van der Waals surface area contributed by atoms with Crippen LogP contribution in [0, 0.1) is 6.92 Å². The molecule has 4 rings (SSSR count). The lowest BCUT2D eigenvalue weighted by Crippen LogP contribution is -2.47. The van der Waals surface area contributed by atoms with Crippen LogP contribution in [0.15, 0.2) is 77.9 Å². The molecule has 0 unspecified atom stereocenters. The molecule has 7 heteroatoms. The molecule has 1 aliphatic heterocycles. The fourth-order valence-corrected chi connectivity index (χ4v) is 3.34. The monoisotopic (exact) mass is 399 g/mol. The predicted molar refractivity (Wildman–Crippen MR) is 117 cm³/mol. The Balaban J connectivity index is 1.69. The molecule has 1 aromatic heterocycles. The van der Waals surface area contributed by atoms with E-state index in [0.717, 1.165) is 11.1 Å². The minimum atomic E-state index is -1.09. The van der Waals surface area contributed by atoms with Gasteiger partial charge in [0, 0.05) is 24.5 Å². The van der Waals surface area contributed by atoms with E-state index in [4.69, 9.17) is 0 Å². The number of carbonyl (C=O) groups excluding carboxylic acids is 2. The number of amides is 3. The summed E-state index contributed by atoms with van der Waals surface area (Å²) in [4.78, 5) is 36.2. The first-order valence-corrected chi connectivity index (χ1v) is 9.53. The Bertz CT molecular complexity index is 1130. The quantitative estimate of drug-likeness (QED) is 0.708. The lowest BCUT2D eigenvalue weighted by molar-refractivity contribution is -0.119. The van der Waals surface area contributed by atoms with Gasteiger partial charge in [-0.2, -0.15) is 0 Å². The van der Waals surface area contributed by atoms with Crippen molar-refractivity contribution in [3.8, 4) is 0 Å². The van der Waals surface area contributed by atoms with Gasteiger partial charge in [0.1, 0.15) is 0 Å². The van der Waals surface area contributed by atoms with Crippen LogP contribution in [0.5, 0.6) is 0 Å². The summed E-state index contributed by atoms with van der Waals surface area (Å²) in [7, 11) is 1.67. The van der Waals surface area contributed by atoms with Gasteiger partial charge in [-0.1, -0.05) is 36.4 Å². The van der Waals surface area contributed by atoms with E-state index in [-0.39, 0.29) is 5.91 Å². The van der Waals surface area contributed by atoms with Crippen LogP contribution in [0.1, 0.15) is 16.8 Å². The second-order valence-electron chi connectivity index (χ2n) is 6.98. The third kappa shape index (κ3) is 3.91. The maximum atomic E-state index is 13.1. The molecule has 2 aromatic carbocycles. The maximum Gasteiger partial charge on any atom is 0.321 e. The number of aromatic nitrogens is 1. The number of likely N-dealkylation sites (N-methyl/N-ethyl adjacent to an activating group) is 1. The number of hydrogen-bond donors (Lipinski definition) is 2. The normalized spacial score (nSPS) is 15.7. The van der Waals surface area contributed by atoms with E-state index in [1.165, 1.54) is 4.90 Å². The number of rotatable bonds is 3. The molecule has 0 spiro atoms. The first-order chi connectivity index (χ1) is 14.5. The zero-order chi connectivity index (χ0) is 21.1. The van der Waals surface area contributed by atoms with Crippen LogP contribution in [0.25, 0.3) is 0 Å². The molecule has 30 heavy (non-hydrogen) atoms. The van der Waals surface area contributed by atoms with E-state index in [2.05, 4.69) is 20.6 Å². The molecule has 7 nitrogen and oxygen atoms in total. The van der Waals surface area contributed by atoms with Crippen LogP contribution in [0.4, 0.5) is 16.2 Å². The summed E-state index contributed by atoms with van der Waals surface area (Å²) in [5.41, 5.74) is 4.30. The highest BCUT2D eigenvalue weighted by atomic mass is 16.2. The van der Waals surface area contributed by atoms with Crippen LogP contribution in [0.2, 0.25) is 0 Å². The van der Waals surface area contributed by atoms with E-state index in [0.29, 0.717) is 22.8 Å². The van der Waals surface area contributed by atoms with Crippen LogP contribution in [-0.2, 0) is 4.79 Å². The van der Waals surface area contributed by atoms with Gasteiger partial charge in [0.15, 0.2) is 0 Å². The number of nitrogens with zero attached hydrogens (tertiary/aromatic N) is 3. The molecule has 3 amide bonds. The lowest BCUT2D eigenvalue weighted by Gasteiger charge is -2.21. The van der Waals surface area contributed by atoms with Gasteiger partial charge in [0.2, 0.25) is 6.17 Å². The predicted octanol–water partition coefficient (Wildman–Crippen LogP) is 3.35. The number of urea groups is 1. The van der Waals surface area contributed by atoms with Crippen molar-refractivity contribution < 1.29 is 9.59 Å². The highest BCUT2D eigenvalue weighted by molar-refractivity contribution is 6.19. The number of benzene rings is 2. The van der Waals surface area contributed by atoms with Crippen LogP contribution in [0.3, 0.4) is 0 Å². The largest absolute Gasteiger partial charge is 0.321 e. The molecule has 2 heterocycles. The summed E-state index contributed by atoms with van der Waals surface area (Å²) in [5, 5.41) is 5.44. The van der Waals surface area contributed by atoms with Crippen molar-refractivity contribution in [1.29, 1.82) is 0 Å². The summed E-state index contributed by atoms with van der Waals surface area (Å²) in [6.07, 6.45) is 0.577. The third-order valence-corrected chi connectivity index (χ3v) is 4.79. The van der Waals surface area contributed by atoms with E-state index in [1.807, 2.05) is 67.6 Å². The highest BCUT2D eigenvalue weighted by Gasteiger charge is 2.31. The SMILES string of the molecule is Cc1cccc(NC(=O)N[C@H]2N=C(c3ccccn3)c3ccccc3N(C)C2=O)c1. The number of fused-ring (bicyclic) bond motifs is 1. The summed E-state index contributed by atoms with van der Waals surface area (Å²) in [6.45, 7) is 1.94. The molecular formula is C23H21N5O2. The van der Waals surface area contributed by atoms with Crippen molar-refractivity contribution in [3.05, 3.63) is 89.7 Å². The smallest absolute Gasteiger partial charge is 0.311 e. The number of nitrogens with one attached hydrogen (secondary N) is 2. The maximum absolute atomic E-state index is 13.1. The van der Waals surface area contributed by atoms with E-state index < -0.39 is 12.2 Å². The molecule has 1 atom stereocenters. The van der Waals surface area contributed by atoms with Crippen molar-refractivity contribution in [1.82, 2.24) is 10.3 Å². The van der Waals surface area contributed by atoms with Gasteiger partial charge < -0.3 is 15.5 Å². The highest BCUT2D eigenvalue weighted by Crippen LogP contribution is 2.26. The number of carbonyl (C=O) groups is 2. The Morgan fingerprint density at radius 1 is 1.03 bits per heavy atom. The number of anilines is 2. The van der Waals surface area contributed by atoms with Gasteiger partial charge in [-0.3, -0.25) is 9.78 Å². The van der Waals surface area contributed by atoms with Gasteiger partial charge in [-0.25, -0.2) is 9.79 Å². The Kier molecular flexibility index (Phi) is 5.26. The number of pyridine rings is 1. The van der Waals surface area contributed by atoms with Crippen molar-refractivity contribution in [3.63, 3.8) is 0 Å². The van der Waals surface area contributed by atoms with Gasteiger partial charge in [0.05, 0.1) is 17.1 Å². The number of para-hydroxylation sites is 1. The topological polar surface area (TPSA) is 86.7 Å². The van der Waals surface area contributed by atoms with Crippen molar-refractivity contribution in [2.45, 2.75) is 13.1 Å². The molecule has 0 radical (unpaired) electrons. The molecule has 0 aliphatic carbocycles. The van der Waals surface area contributed by atoms with Crippen molar-refractivity contribution in [2.24, 2.45) is 4.99 Å². The van der Waals surface area contributed by atoms with Gasteiger partial charge in [-0.05, 0) is 42.8 Å². The first-order valence-electron chi connectivity index (χ1n) is 9.53. The molecule has 2 N–H and O–H groups in total. The summed E-state index contributed by atoms with van der Waals surface area (Å²) >= 11 is 0. The van der Waals surface area contributed by atoms with Crippen LogP contribution >= 0.6 is 0 Å². The number of aryl methyl sites for hydroxylation is 1. The van der Waals surface area contributed by atoms with E-state index in [1.54, 1.807) is 19.3 Å². The van der Waals surface area contributed by atoms with Gasteiger partial charge in [-0.15, -0.1) is 0 Å². The average Bonchev–Trinajstić information content (AvgIpc) is 2.85. The summed E-state index contributed by atoms with van der Waals surface area (Å²) in [5.74, 6) is -0.340. The zero-order valence-electron chi connectivity index (χ0n) is 16.7. The summed E-state index contributed by atoms with van der Waals surface area (Å²) in [6, 6.07) is 19.9. The average molecular weight is 399 g/mol. The minimum absolute atomic E-state index is 0.340. The second kappa shape index (κ2) is 8.16. The molecule has 3 aromatic rings. The van der Waals surface area contributed by atoms with E-state index in [9.17, 15) is 9.59 Å². The second-order valence-corrected chi connectivity index (χ2v) is 6.98. The van der Waals surface area contributed by atoms with Crippen molar-refractivity contribution in [2.75, 3.05) is 17.3 Å². The number of hydrogen-bond acceptors (Lipinski definition) is 4. The summed E-state index contributed by atoms with van der Waals surface area (Å²) < 4.78 is 0. The molecule has 0 saturated heterocycles. The fourth-order valence-electron chi connectivity index (χ4n) is 3.34. The lowest BCUT2D eigenvalue weighted by atomic mass is 10.0. The Morgan fingerprint density at radius 2 is 1.83 bits per heavy atom. The number of aliphatic imine (C=N–C) groups is 1. The Morgan fingerprint density at radius 3 is 2.60 bits per heavy atom. The molecule has 150 valence electrons. The number of benzodiazepines with no additional fused rings is 1. The molecule has 0 fully saturated rings. The van der Waals surface area contributed by atoms with Crippen LogP contribution < -0.4 is 15.5 Å². The third-order valence-electron chi connectivity index (χ3n) is 4.79. The molecule has 0 bridgehead atoms. The molecule has 1 aliphatic rings. The zero-order valence-corrected chi connectivity index (χ0v) is 16.7. The van der Waals surface area contributed by atoms with Gasteiger partial charge >= 0.3 is 6.03 Å². The molecular weight excluding hydrogens is 378 g/mol. The van der Waals surface area contributed by atoms with Crippen molar-refractivity contribution >= 4 is 29.0 Å². The van der Waals surface area contributed by atoms with Gasteiger partial charge in [0.25, 0.3) is 5.91 Å². The van der Waals surface area contributed by atoms with Crippen LogP contribution in [-0.4, -0.2) is 35.8 Å².